The number of aliphatic hydroxyl groups excluding tert-OH is 1. The van der Waals surface area contributed by atoms with Crippen molar-refractivity contribution in [2.45, 2.75) is 70.7 Å². The monoisotopic (exact) mass is 542 g/mol. The van der Waals surface area contributed by atoms with Gasteiger partial charge >= 0.3 is 6.03 Å². The number of carbonyl (C=O) groups is 3. The molecule has 3 N–H and O–H groups in total. The number of anilines is 1. The predicted octanol–water partition coefficient (Wildman–Crippen LogP) is 1.51. The van der Waals surface area contributed by atoms with Gasteiger partial charge in [0.2, 0.25) is 5.91 Å². The molecule has 1 aliphatic carbocycles. The van der Waals surface area contributed by atoms with Gasteiger partial charge in [0.25, 0.3) is 5.91 Å². The van der Waals surface area contributed by atoms with Crippen molar-refractivity contribution in [1.29, 1.82) is 0 Å². The lowest BCUT2D eigenvalue weighted by molar-refractivity contribution is -0.116. The predicted molar refractivity (Wildman–Crippen MR) is 142 cm³/mol. The van der Waals surface area contributed by atoms with E-state index in [9.17, 15) is 19.5 Å². The number of benzene rings is 1. The Hall–Kier alpha value is -3.74. The van der Waals surface area contributed by atoms with E-state index in [4.69, 9.17) is 4.74 Å². The van der Waals surface area contributed by atoms with Crippen LogP contribution in [-0.2, 0) is 11.3 Å². The molecule has 1 fully saturated rings. The molecule has 0 unspecified atom stereocenters. The summed E-state index contributed by atoms with van der Waals surface area (Å²) in [5.41, 5.74) is 0.677. The van der Waals surface area contributed by atoms with Gasteiger partial charge in [-0.1, -0.05) is 26.2 Å². The van der Waals surface area contributed by atoms with Crippen LogP contribution in [0.25, 0.3) is 0 Å². The van der Waals surface area contributed by atoms with Gasteiger partial charge in [0, 0.05) is 31.2 Å². The van der Waals surface area contributed by atoms with Crippen LogP contribution in [0.4, 0.5) is 10.5 Å². The number of tetrazole rings is 1. The van der Waals surface area contributed by atoms with E-state index in [1.54, 1.807) is 42.0 Å². The lowest BCUT2D eigenvalue weighted by Crippen LogP contribution is -2.52. The molecule has 13 nitrogen and oxygen atoms in total. The maximum atomic E-state index is 13.6. The standard InChI is InChI=1S/C26H38N8O5/c1-17-12-34(18(2)15-35)25(37)21-11-20(28-24(36)14-33-16-27-30-31-33)9-10-22(21)39-23(17)13-32(3)26(38)29-19-7-5-4-6-8-19/h9-11,16-19,23,35H,4-8,12-15H2,1-3H3,(H,28,36)(H,29,38)/t17-,18+,23+/m0/s1. The second kappa shape index (κ2) is 12.9. The number of fused-ring (bicyclic) bond motifs is 1. The van der Waals surface area contributed by atoms with Crippen molar-refractivity contribution in [1.82, 2.24) is 35.3 Å². The summed E-state index contributed by atoms with van der Waals surface area (Å²) in [6.45, 7) is 4.12. The minimum absolute atomic E-state index is 0.0863. The van der Waals surface area contributed by atoms with Gasteiger partial charge in [-0.15, -0.1) is 5.10 Å². The summed E-state index contributed by atoms with van der Waals surface area (Å²) >= 11 is 0. The van der Waals surface area contributed by atoms with E-state index in [1.807, 2.05) is 6.92 Å². The van der Waals surface area contributed by atoms with E-state index >= 15 is 0 Å². The maximum Gasteiger partial charge on any atom is 0.317 e. The zero-order valence-electron chi connectivity index (χ0n) is 22.7. The van der Waals surface area contributed by atoms with Gasteiger partial charge in [-0.3, -0.25) is 9.59 Å². The summed E-state index contributed by atoms with van der Waals surface area (Å²) in [5.74, 6) is -0.445. The summed E-state index contributed by atoms with van der Waals surface area (Å²) < 4.78 is 7.65. The van der Waals surface area contributed by atoms with Gasteiger partial charge in [0.05, 0.1) is 24.8 Å². The summed E-state index contributed by atoms with van der Waals surface area (Å²) in [7, 11) is 1.75. The van der Waals surface area contributed by atoms with Crippen molar-refractivity contribution in [3.63, 3.8) is 0 Å². The number of nitrogens with one attached hydrogen (secondary N) is 2. The Morgan fingerprint density at radius 1 is 1.26 bits per heavy atom. The minimum Gasteiger partial charge on any atom is -0.487 e. The Labute approximate surface area is 227 Å². The quantitative estimate of drug-likeness (QED) is 0.453. The third kappa shape index (κ3) is 7.22. The van der Waals surface area contributed by atoms with Crippen LogP contribution in [0.2, 0.25) is 0 Å². The molecule has 1 aromatic carbocycles. The number of aliphatic hydroxyl groups is 1. The molecule has 0 spiro atoms. The molecule has 1 aromatic heterocycles. The zero-order valence-corrected chi connectivity index (χ0v) is 22.7. The number of carbonyl (C=O) groups excluding carboxylic acids is 3. The van der Waals surface area contributed by atoms with Gasteiger partial charge in [-0.25, -0.2) is 9.48 Å². The molecule has 13 heteroatoms. The molecule has 3 atom stereocenters. The summed E-state index contributed by atoms with van der Waals surface area (Å²) in [5, 5.41) is 26.5. The lowest BCUT2D eigenvalue weighted by Gasteiger charge is -2.38. The van der Waals surface area contributed by atoms with E-state index in [2.05, 4.69) is 26.2 Å². The minimum atomic E-state index is -0.433. The molecule has 0 bridgehead atoms. The number of aromatic nitrogens is 4. The molecule has 1 saturated carbocycles. The van der Waals surface area contributed by atoms with E-state index in [1.165, 1.54) is 17.4 Å². The third-order valence-corrected chi connectivity index (χ3v) is 7.38. The highest BCUT2D eigenvalue weighted by Gasteiger charge is 2.34. The molecular formula is C26H38N8O5. The van der Waals surface area contributed by atoms with Gasteiger partial charge in [-0.05, 0) is 48.4 Å². The Morgan fingerprint density at radius 2 is 2.03 bits per heavy atom. The third-order valence-electron chi connectivity index (χ3n) is 7.38. The lowest BCUT2D eigenvalue weighted by atomic mass is 9.96. The summed E-state index contributed by atoms with van der Waals surface area (Å²) in [6.07, 6.45) is 6.37. The number of likely N-dealkylation sites (N-methyl/N-ethyl adjacent to an activating group) is 1. The van der Waals surface area contributed by atoms with Crippen molar-refractivity contribution >= 4 is 23.5 Å². The second-order valence-electron chi connectivity index (χ2n) is 10.6. The Bertz CT molecular complexity index is 1140. The van der Waals surface area contributed by atoms with Crippen LogP contribution in [0.1, 0.15) is 56.3 Å². The van der Waals surface area contributed by atoms with Crippen LogP contribution in [0, 0.1) is 5.92 Å². The van der Waals surface area contributed by atoms with Gasteiger partial charge < -0.3 is 30.3 Å². The molecule has 0 radical (unpaired) electrons. The molecule has 2 heterocycles. The molecule has 2 aromatic rings. The number of hydrogen-bond donors (Lipinski definition) is 3. The van der Waals surface area contributed by atoms with Gasteiger partial charge in [0.15, 0.2) is 0 Å². The number of nitrogens with zero attached hydrogens (tertiary/aromatic N) is 6. The Balaban J connectivity index is 1.53. The van der Waals surface area contributed by atoms with Crippen molar-refractivity contribution in [2.75, 3.05) is 32.1 Å². The van der Waals surface area contributed by atoms with E-state index in [0.717, 1.165) is 25.7 Å². The zero-order chi connectivity index (χ0) is 27.9. The van der Waals surface area contributed by atoms with Crippen molar-refractivity contribution in [3.8, 4) is 5.75 Å². The van der Waals surface area contributed by atoms with Crippen LogP contribution in [0.5, 0.6) is 5.75 Å². The van der Waals surface area contributed by atoms with Crippen molar-refractivity contribution in [3.05, 3.63) is 30.1 Å². The maximum absolute atomic E-state index is 13.6. The molecule has 2 aliphatic rings. The van der Waals surface area contributed by atoms with Crippen LogP contribution >= 0.6 is 0 Å². The largest absolute Gasteiger partial charge is 0.487 e. The summed E-state index contributed by atoms with van der Waals surface area (Å²) in [4.78, 5) is 42.2. The molecule has 39 heavy (non-hydrogen) atoms. The van der Waals surface area contributed by atoms with Crippen LogP contribution < -0.4 is 15.4 Å². The molecule has 212 valence electrons. The van der Waals surface area contributed by atoms with Crippen molar-refractivity contribution in [2.24, 2.45) is 5.92 Å². The first kappa shape index (κ1) is 28.3. The number of urea groups is 1. The van der Waals surface area contributed by atoms with Crippen LogP contribution in [0.15, 0.2) is 24.5 Å². The first-order chi connectivity index (χ1) is 18.7. The smallest absolute Gasteiger partial charge is 0.317 e. The fourth-order valence-electron chi connectivity index (χ4n) is 5.00. The molecule has 4 rings (SSSR count). The van der Waals surface area contributed by atoms with Crippen LogP contribution in [-0.4, -0.2) is 97.9 Å². The Kier molecular flexibility index (Phi) is 9.33. The van der Waals surface area contributed by atoms with Gasteiger partial charge in [0.1, 0.15) is 24.7 Å². The highest BCUT2D eigenvalue weighted by atomic mass is 16.5. The number of amides is 4. The Morgan fingerprint density at radius 3 is 2.72 bits per heavy atom. The molecular weight excluding hydrogens is 504 g/mol. The SMILES string of the molecule is C[C@H](CO)N1C[C@H](C)[C@@H](CN(C)C(=O)NC2CCCCC2)Oc2ccc(NC(=O)Cn3cnnn3)cc2C1=O. The first-order valence-corrected chi connectivity index (χ1v) is 13.5. The van der Waals surface area contributed by atoms with Crippen LogP contribution in [0.3, 0.4) is 0 Å². The number of ether oxygens (including phenoxy) is 1. The second-order valence-corrected chi connectivity index (χ2v) is 10.6. The molecule has 1 aliphatic heterocycles. The van der Waals surface area contributed by atoms with Gasteiger partial charge in [-0.2, -0.15) is 0 Å². The molecule has 0 saturated heterocycles. The normalized spacial score (nSPS) is 20.7. The molecule has 4 amide bonds. The average Bonchev–Trinajstić information content (AvgIpc) is 3.43. The topological polar surface area (TPSA) is 155 Å². The van der Waals surface area contributed by atoms with E-state index in [0.29, 0.717) is 24.5 Å². The fraction of sp³-hybridized carbons (Fsp3) is 0.615. The van der Waals surface area contributed by atoms with E-state index < -0.39 is 12.1 Å². The first-order valence-electron chi connectivity index (χ1n) is 13.5. The average molecular weight is 543 g/mol. The van der Waals surface area contributed by atoms with Crippen molar-refractivity contribution < 1.29 is 24.2 Å². The fourth-order valence-corrected chi connectivity index (χ4v) is 5.00. The number of rotatable bonds is 8. The number of hydrogen-bond acceptors (Lipinski definition) is 8. The van der Waals surface area contributed by atoms with E-state index in [-0.39, 0.29) is 48.5 Å². The summed E-state index contributed by atoms with van der Waals surface area (Å²) in [6, 6.07) is 4.49. The highest BCUT2D eigenvalue weighted by molar-refractivity contribution is 5.99. The highest BCUT2D eigenvalue weighted by Crippen LogP contribution is 2.31.